The van der Waals surface area contributed by atoms with Crippen LogP contribution in [0.25, 0.3) is 0 Å². The predicted molar refractivity (Wildman–Crippen MR) is 92.9 cm³/mol. The Morgan fingerprint density at radius 2 is 1.25 bits per heavy atom. The Hall–Kier alpha value is -2.38. The van der Waals surface area contributed by atoms with E-state index in [2.05, 4.69) is 0 Å². The van der Waals surface area contributed by atoms with Gasteiger partial charge in [0.2, 0.25) is 0 Å². The molecule has 0 saturated heterocycles. The predicted octanol–water partition coefficient (Wildman–Crippen LogP) is -1.44. The van der Waals surface area contributed by atoms with Crippen molar-refractivity contribution in [3.8, 4) is 5.75 Å². The van der Waals surface area contributed by atoms with Gasteiger partial charge in [0.25, 0.3) is 0 Å². The molecule has 0 spiro atoms. The number of aliphatic carboxylic acids is 2. The minimum absolute atomic E-state index is 0. The van der Waals surface area contributed by atoms with E-state index in [9.17, 15) is 24.9 Å². The summed E-state index contributed by atoms with van der Waals surface area (Å²) in [5.74, 6) is -2.63. The van der Waals surface area contributed by atoms with Gasteiger partial charge < -0.3 is 24.9 Å². The number of para-hydroxylation sites is 1. The molecule has 0 bridgehead atoms. The van der Waals surface area contributed by atoms with Crippen molar-refractivity contribution in [2.75, 3.05) is 26.2 Å². The van der Waals surface area contributed by atoms with Crippen LogP contribution in [0.3, 0.4) is 0 Å². The molecule has 0 heterocycles. The Kier molecular flexibility index (Phi) is 10.3. The molecule has 2 aromatic carbocycles. The van der Waals surface area contributed by atoms with E-state index < -0.39 is 11.9 Å². The summed E-state index contributed by atoms with van der Waals surface area (Å²) < 4.78 is 0. The standard InChI is InChI=1S/C20H24N2O5.Fe/c23-18-9-5-4-8-17(18)13-22(15-20(26)27)11-10-21(14-19(24)25)12-16-6-2-1-3-7-16;/h1-9,23H,10-15H2,(H,24,25)(H,26,27);/q;+2/p-3. The summed E-state index contributed by atoms with van der Waals surface area (Å²) in [5.41, 5.74) is 1.42. The SMILES string of the molecule is O=C([O-])CN(CCN(CC(=O)[O-])Cc1ccccc1[O-])Cc1ccccc1.[Fe+2]. The van der Waals surface area contributed by atoms with E-state index >= 15 is 0 Å². The largest absolute Gasteiger partial charge is 2.00 e. The van der Waals surface area contributed by atoms with Gasteiger partial charge in [-0.3, -0.25) is 9.80 Å². The van der Waals surface area contributed by atoms with Crippen LogP contribution in [0, 0.1) is 0 Å². The fourth-order valence-corrected chi connectivity index (χ4v) is 2.79. The number of carbonyl (C=O) groups is 2. The number of benzene rings is 2. The van der Waals surface area contributed by atoms with Crippen LogP contribution in [0.5, 0.6) is 5.75 Å². The number of hydrogen-bond donors (Lipinski definition) is 0. The molecule has 0 aliphatic rings. The van der Waals surface area contributed by atoms with Crippen molar-refractivity contribution in [1.29, 1.82) is 0 Å². The molecule has 0 unspecified atom stereocenters. The Labute approximate surface area is 174 Å². The Bertz CT molecular complexity index is 757. The van der Waals surface area contributed by atoms with Gasteiger partial charge >= 0.3 is 17.1 Å². The van der Waals surface area contributed by atoms with Gasteiger partial charge in [-0.2, -0.15) is 0 Å². The zero-order chi connectivity index (χ0) is 19.6. The van der Waals surface area contributed by atoms with Crippen molar-refractivity contribution in [3.05, 3.63) is 65.7 Å². The Morgan fingerprint density at radius 3 is 1.79 bits per heavy atom. The van der Waals surface area contributed by atoms with Gasteiger partial charge in [0, 0.05) is 39.3 Å². The fourth-order valence-electron chi connectivity index (χ4n) is 2.79. The topological polar surface area (TPSA) is 110 Å². The van der Waals surface area contributed by atoms with Crippen LogP contribution >= 0.6 is 0 Å². The van der Waals surface area contributed by atoms with Gasteiger partial charge in [-0.15, -0.1) is 5.75 Å². The van der Waals surface area contributed by atoms with Crippen LogP contribution in [0.1, 0.15) is 11.1 Å². The monoisotopic (exact) mass is 425 g/mol. The van der Waals surface area contributed by atoms with E-state index in [0.29, 0.717) is 18.7 Å². The minimum atomic E-state index is -1.26. The molecule has 8 heteroatoms. The minimum Gasteiger partial charge on any atom is -0.872 e. The van der Waals surface area contributed by atoms with Gasteiger partial charge in [-0.25, -0.2) is 0 Å². The second-order valence-corrected chi connectivity index (χ2v) is 6.26. The molecule has 0 saturated carbocycles. The molecule has 0 fully saturated rings. The van der Waals surface area contributed by atoms with Crippen molar-refractivity contribution in [1.82, 2.24) is 9.80 Å². The fraction of sp³-hybridized carbons (Fsp3) is 0.300. The normalized spacial score (nSPS) is 10.6. The molecule has 150 valence electrons. The van der Waals surface area contributed by atoms with Crippen molar-refractivity contribution in [3.63, 3.8) is 0 Å². The molecule has 0 N–H and O–H groups in total. The summed E-state index contributed by atoms with van der Waals surface area (Å²) in [7, 11) is 0. The number of carboxylic acids is 2. The van der Waals surface area contributed by atoms with Crippen molar-refractivity contribution in [2.24, 2.45) is 0 Å². The van der Waals surface area contributed by atoms with Gasteiger partial charge in [-0.1, -0.05) is 54.6 Å². The average molecular weight is 425 g/mol. The second-order valence-electron chi connectivity index (χ2n) is 6.26. The van der Waals surface area contributed by atoms with E-state index in [1.807, 2.05) is 30.3 Å². The van der Waals surface area contributed by atoms with Gasteiger partial charge in [0.1, 0.15) is 0 Å². The first-order valence-corrected chi connectivity index (χ1v) is 8.57. The van der Waals surface area contributed by atoms with E-state index in [0.717, 1.165) is 5.56 Å². The molecule has 2 aromatic rings. The summed E-state index contributed by atoms with van der Waals surface area (Å²) in [5, 5.41) is 34.0. The number of hydrogen-bond acceptors (Lipinski definition) is 7. The summed E-state index contributed by atoms with van der Waals surface area (Å²) in [6, 6.07) is 15.8. The molecule has 0 atom stereocenters. The van der Waals surface area contributed by atoms with Gasteiger partial charge in [-0.05, 0) is 11.1 Å². The van der Waals surface area contributed by atoms with E-state index in [4.69, 9.17) is 0 Å². The van der Waals surface area contributed by atoms with Crippen molar-refractivity contribution < 1.29 is 42.0 Å². The first kappa shape index (κ1) is 23.7. The van der Waals surface area contributed by atoms with Crippen LogP contribution in [0.15, 0.2) is 54.6 Å². The van der Waals surface area contributed by atoms with Crippen LogP contribution in [0.4, 0.5) is 0 Å². The molecule has 28 heavy (non-hydrogen) atoms. The zero-order valence-electron chi connectivity index (χ0n) is 15.2. The maximum absolute atomic E-state index is 11.9. The molecular formula is C20H21FeN2O5-. The molecule has 0 aliphatic heterocycles. The van der Waals surface area contributed by atoms with Crippen molar-refractivity contribution >= 4 is 11.9 Å². The smallest absolute Gasteiger partial charge is 0.872 e. The third-order valence-corrected chi connectivity index (χ3v) is 4.05. The van der Waals surface area contributed by atoms with Crippen LogP contribution in [-0.4, -0.2) is 47.9 Å². The zero-order valence-corrected chi connectivity index (χ0v) is 16.3. The number of carboxylic acid groups (broad SMARTS) is 2. The molecule has 2 rings (SSSR count). The summed E-state index contributed by atoms with van der Waals surface area (Å²) in [6.07, 6.45) is 0. The maximum atomic E-state index is 11.9. The molecule has 0 radical (unpaired) electrons. The molecule has 7 nitrogen and oxygen atoms in total. The summed E-state index contributed by atoms with van der Waals surface area (Å²) in [4.78, 5) is 25.3. The second kappa shape index (κ2) is 12.2. The molecule has 0 amide bonds. The average Bonchev–Trinajstić information content (AvgIpc) is 2.61. The Morgan fingerprint density at radius 1 is 0.750 bits per heavy atom. The quantitative estimate of drug-likeness (QED) is 0.406. The van der Waals surface area contributed by atoms with Gasteiger partial charge in [0.15, 0.2) is 0 Å². The summed E-state index contributed by atoms with van der Waals surface area (Å²) >= 11 is 0. The Balaban J connectivity index is 0.00000392. The molecular weight excluding hydrogens is 404 g/mol. The molecule has 0 aromatic heterocycles. The van der Waals surface area contributed by atoms with Crippen molar-refractivity contribution in [2.45, 2.75) is 13.1 Å². The molecule has 0 aliphatic carbocycles. The summed E-state index contributed by atoms with van der Waals surface area (Å²) in [6.45, 7) is 0.495. The van der Waals surface area contributed by atoms with E-state index in [1.165, 1.54) is 6.07 Å². The first-order valence-electron chi connectivity index (χ1n) is 8.57. The van der Waals surface area contributed by atoms with Gasteiger partial charge in [0.05, 0.1) is 11.9 Å². The van der Waals surface area contributed by atoms with E-state index in [1.54, 1.807) is 28.0 Å². The van der Waals surface area contributed by atoms with Crippen LogP contribution in [-0.2, 0) is 39.7 Å². The third-order valence-electron chi connectivity index (χ3n) is 4.05. The van der Waals surface area contributed by atoms with Crippen LogP contribution < -0.4 is 15.3 Å². The van der Waals surface area contributed by atoms with E-state index in [-0.39, 0.29) is 49.0 Å². The first-order chi connectivity index (χ1) is 12.9. The number of carbonyl (C=O) groups excluding carboxylic acids is 2. The number of rotatable bonds is 11. The maximum Gasteiger partial charge on any atom is 2.00 e. The number of nitrogens with zero attached hydrogens (tertiary/aromatic N) is 2. The van der Waals surface area contributed by atoms with Crippen LogP contribution in [0.2, 0.25) is 0 Å². The third kappa shape index (κ3) is 8.54.